The van der Waals surface area contributed by atoms with Gasteiger partial charge in [-0.3, -0.25) is 0 Å². The van der Waals surface area contributed by atoms with Crippen LogP contribution in [0.3, 0.4) is 0 Å². The van der Waals surface area contributed by atoms with Crippen molar-refractivity contribution in [3.63, 3.8) is 0 Å². The number of nitrogen functional groups attached to an aromatic ring is 1. The van der Waals surface area contributed by atoms with E-state index in [0.29, 0.717) is 28.2 Å². The van der Waals surface area contributed by atoms with E-state index < -0.39 is 5.97 Å². The normalized spacial score (nSPS) is 10.8. The summed E-state index contributed by atoms with van der Waals surface area (Å²) in [5, 5.41) is 18.5. The van der Waals surface area contributed by atoms with Gasteiger partial charge in [0.25, 0.3) is 0 Å². The zero-order chi connectivity index (χ0) is 17.8. The van der Waals surface area contributed by atoms with Crippen molar-refractivity contribution in [2.24, 2.45) is 0 Å². The van der Waals surface area contributed by atoms with Crippen LogP contribution in [0, 0.1) is 0 Å². The number of benzene rings is 2. The van der Waals surface area contributed by atoms with Crippen LogP contribution in [0.4, 0.5) is 0 Å². The third-order valence-electron chi connectivity index (χ3n) is 3.55. The van der Waals surface area contributed by atoms with Gasteiger partial charge in [0.05, 0.1) is 5.56 Å². The lowest BCUT2D eigenvalue weighted by Crippen LogP contribution is -2.14. The van der Waals surface area contributed by atoms with Gasteiger partial charge in [-0.2, -0.15) is 0 Å². The molecule has 0 aliphatic heterocycles. The first-order valence-electron chi connectivity index (χ1n) is 7.42. The van der Waals surface area contributed by atoms with Crippen LogP contribution < -0.4 is 5.84 Å². The molecule has 3 rings (SSSR count). The van der Waals surface area contributed by atoms with Crippen molar-refractivity contribution in [1.29, 1.82) is 0 Å². The molecule has 0 amide bonds. The first-order valence-corrected chi connectivity index (χ1v) is 8.78. The number of carboxylic acids is 1. The molecular formula is C17H15ClN4O2S. The van der Waals surface area contributed by atoms with Crippen LogP contribution in [0.5, 0.6) is 0 Å². The number of hydrogen-bond acceptors (Lipinski definition) is 5. The monoisotopic (exact) mass is 374 g/mol. The molecule has 0 aliphatic carbocycles. The second kappa shape index (κ2) is 7.58. The lowest BCUT2D eigenvalue weighted by Gasteiger charge is -2.05. The van der Waals surface area contributed by atoms with Crippen molar-refractivity contribution >= 4 is 29.3 Å². The summed E-state index contributed by atoms with van der Waals surface area (Å²) in [6, 6.07) is 14.3. The molecule has 1 aromatic heterocycles. The van der Waals surface area contributed by atoms with Gasteiger partial charge < -0.3 is 10.9 Å². The van der Waals surface area contributed by atoms with Crippen LogP contribution in [0.25, 0.3) is 0 Å². The first kappa shape index (κ1) is 17.3. The van der Waals surface area contributed by atoms with Crippen LogP contribution in [-0.2, 0) is 12.2 Å². The van der Waals surface area contributed by atoms with Crippen molar-refractivity contribution in [3.8, 4) is 0 Å². The topological polar surface area (TPSA) is 94.0 Å². The Balaban J connectivity index is 1.68. The van der Waals surface area contributed by atoms with Gasteiger partial charge in [-0.25, -0.2) is 9.47 Å². The standard InChI is InChI=1S/C17H15ClN4O2S/c18-14-6-4-11(5-7-14)9-15-20-21-17(22(15)19)25-10-12-2-1-3-13(8-12)16(23)24/h1-8H,9-10,19H2,(H,23,24). The Kier molecular flexibility index (Phi) is 5.25. The van der Waals surface area contributed by atoms with Gasteiger partial charge in [-0.15, -0.1) is 10.2 Å². The molecule has 128 valence electrons. The Morgan fingerprint density at radius 3 is 2.64 bits per heavy atom. The van der Waals surface area contributed by atoms with E-state index in [1.54, 1.807) is 18.2 Å². The maximum atomic E-state index is 11.0. The molecule has 2 aromatic carbocycles. The van der Waals surface area contributed by atoms with E-state index in [0.717, 1.165) is 11.1 Å². The fraction of sp³-hybridized carbons (Fsp3) is 0.118. The molecule has 0 saturated heterocycles. The average Bonchev–Trinajstić information content (AvgIpc) is 2.95. The zero-order valence-electron chi connectivity index (χ0n) is 13.1. The molecule has 8 heteroatoms. The molecule has 0 atom stereocenters. The van der Waals surface area contributed by atoms with E-state index in [-0.39, 0.29) is 5.56 Å². The summed E-state index contributed by atoms with van der Waals surface area (Å²) in [4.78, 5) is 11.0. The molecule has 0 fully saturated rings. The zero-order valence-corrected chi connectivity index (χ0v) is 14.7. The van der Waals surface area contributed by atoms with E-state index in [1.165, 1.54) is 16.4 Å². The van der Waals surface area contributed by atoms with E-state index in [2.05, 4.69) is 10.2 Å². The smallest absolute Gasteiger partial charge is 0.335 e. The SMILES string of the molecule is Nn1c(Cc2ccc(Cl)cc2)nnc1SCc1cccc(C(=O)O)c1. The predicted molar refractivity (Wildman–Crippen MR) is 97.4 cm³/mol. The third kappa shape index (κ3) is 4.32. The maximum absolute atomic E-state index is 11.0. The minimum Gasteiger partial charge on any atom is -0.478 e. The largest absolute Gasteiger partial charge is 0.478 e. The van der Waals surface area contributed by atoms with Crippen LogP contribution in [0.15, 0.2) is 53.7 Å². The minimum atomic E-state index is -0.945. The number of nitrogens with two attached hydrogens (primary N) is 1. The van der Waals surface area contributed by atoms with Crippen molar-refractivity contribution in [2.45, 2.75) is 17.3 Å². The summed E-state index contributed by atoms with van der Waals surface area (Å²) in [5.41, 5.74) is 2.18. The number of aromatic carboxylic acids is 1. The molecule has 0 spiro atoms. The lowest BCUT2D eigenvalue weighted by atomic mass is 10.1. The number of thioether (sulfide) groups is 1. The molecule has 3 aromatic rings. The highest BCUT2D eigenvalue weighted by molar-refractivity contribution is 7.98. The Hall–Kier alpha value is -2.51. The van der Waals surface area contributed by atoms with Crippen molar-refractivity contribution in [2.75, 3.05) is 5.84 Å². The lowest BCUT2D eigenvalue weighted by molar-refractivity contribution is 0.0697. The number of hydrogen-bond donors (Lipinski definition) is 2. The summed E-state index contributed by atoms with van der Waals surface area (Å²) in [7, 11) is 0. The second-order valence-electron chi connectivity index (χ2n) is 5.37. The van der Waals surface area contributed by atoms with Crippen LogP contribution in [0.2, 0.25) is 5.02 Å². The summed E-state index contributed by atoms with van der Waals surface area (Å²) >= 11 is 7.29. The number of nitrogens with zero attached hydrogens (tertiary/aromatic N) is 3. The quantitative estimate of drug-likeness (QED) is 0.508. The molecule has 0 saturated carbocycles. The molecule has 3 N–H and O–H groups in total. The number of carboxylic acid groups (broad SMARTS) is 1. The molecule has 0 unspecified atom stereocenters. The van der Waals surface area contributed by atoms with Gasteiger partial charge in [-0.1, -0.05) is 47.6 Å². The second-order valence-corrected chi connectivity index (χ2v) is 6.75. The van der Waals surface area contributed by atoms with E-state index in [9.17, 15) is 4.79 Å². The molecule has 0 radical (unpaired) electrons. The fourth-order valence-corrected chi connectivity index (χ4v) is 3.20. The van der Waals surface area contributed by atoms with Gasteiger partial charge in [0.1, 0.15) is 0 Å². The van der Waals surface area contributed by atoms with Crippen molar-refractivity contribution in [3.05, 3.63) is 76.1 Å². The molecule has 6 nitrogen and oxygen atoms in total. The molecular weight excluding hydrogens is 360 g/mol. The van der Waals surface area contributed by atoms with E-state index in [4.69, 9.17) is 22.6 Å². The first-order chi connectivity index (χ1) is 12.0. The average molecular weight is 375 g/mol. The van der Waals surface area contributed by atoms with Crippen LogP contribution in [-0.4, -0.2) is 25.9 Å². The summed E-state index contributed by atoms with van der Waals surface area (Å²) in [6.07, 6.45) is 0.551. The number of halogens is 1. The van der Waals surface area contributed by atoms with Gasteiger partial charge in [0, 0.05) is 17.2 Å². The highest BCUT2D eigenvalue weighted by Crippen LogP contribution is 2.22. The third-order valence-corrected chi connectivity index (χ3v) is 4.82. The van der Waals surface area contributed by atoms with Crippen molar-refractivity contribution in [1.82, 2.24) is 14.9 Å². The molecule has 0 aliphatic rings. The van der Waals surface area contributed by atoms with Gasteiger partial charge >= 0.3 is 5.97 Å². The summed E-state index contributed by atoms with van der Waals surface area (Å²) in [5.74, 6) is 6.32. The Morgan fingerprint density at radius 1 is 1.16 bits per heavy atom. The van der Waals surface area contributed by atoms with Gasteiger partial charge in [0.2, 0.25) is 5.16 Å². The van der Waals surface area contributed by atoms with Crippen LogP contribution in [0.1, 0.15) is 27.3 Å². The van der Waals surface area contributed by atoms with Gasteiger partial charge in [0.15, 0.2) is 5.82 Å². The molecule has 1 heterocycles. The van der Waals surface area contributed by atoms with Crippen molar-refractivity contribution < 1.29 is 9.90 Å². The summed E-state index contributed by atoms with van der Waals surface area (Å²) < 4.78 is 1.46. The molecule has 0 bridgehead atoms. The maximum Gasteiger partial charge on any atom is 0.335 e. The number of carbonyl (C=O) groups is 1. The summed E-state index contributed by atoms with van der Waals surface area (Å²) in [6.45, 7) is 0. The Morgan fingerprint density at radius 2 is 1.92 bits per heavy atom. The molecule has 25 heavy (non-hydrogen) atoms. The number of rotatable bonds is 6. The predicted octanol–water partition coefficient (Wildman–Crippen LogP) is 3.23. The number of aromatic nitrogens is 3. The van der Waals surface area contributed by atoms with E-state index in [1.807, 2.05) is 30.3 Å². The Bertz CT molecular complexity index is 896. The minimum absolute atomic E-state index is 0.260. The van der Waals surface area contributed by atoms with Gasteiger partial charge in [-0.05, 0) is 35.4 Å². The highest BCUT2D eigenvalue weighted by Gasteiger charge is 2.12. The van der Waals surface area contributed by atoms with Crippen LogP contribution >= 0.6 is 23.4 Å². The van der Waals surface area contributed by atoms with E-state index >= 15 is 0 Å². The fourth-order valence-electron chi connectivity index (χ4n) is 2.25. The Labute approximate surface area is 153 Å². The highest BCUT2D eigenvalue weighted by atomic mass is 35.5.